The zero-order chi connectivity index (χ0) is 14.7. The molecule has 2 N–H and O–H groups in total. The van der Waals surface area contributed by atoms with Crippen LogP contribution in [0.15, 0.2) is 30.5 Å². The van der Waals surface area contributed by atoms with Gasteiger partial charge in [0.1, 0.15) is 23.9 Å². The minimum absolute atomic E-state index is 0.0731. The molecule has 0 aliphatic carbocycles. The second kappa shape index (κ2) is 5.47. The largest absolute Gasteiger partial charge is 0.480 e. The van der Waals surface area contributed by atoms with Gasteiger partial charge in [0.25, 0.3) is 5.91 Å². The lowest BCUT2D eigenvalue weighted by Gasteiger charge is -2.07. The summed E-state index contributed by atoms with van der Waals surface area (Å²) in [7, 11) is 0. The van der Waals surface area contributed by atoms with Gasteiger partial charge in [-0.25, -0.2) is 13.5 Å². The standard InChI is InChI=1S/C12H9F2N3O3/c13-7-1-2-8(14)9(5-7)16-12(20)10-3-4-15-17(10)6-11(18)19/h1-5H,6H2,(H,16,20)(H,18,19). The van der Waals surface area contributed by atoms with Crippen LogP contribution in [0.25, 0.3) is 0 Å². The molecule has 0 spiro atoms. The molecule has 0 saturated carbocycles. The number of benzene rings is 1. The van der Waals surface area contributed by atoms with Crippen molar-refractivity contribution in [2.45, 2.75) is 6.54 Å². The summed E-state index contributed by atoms with van der Waals surface area (Å²) in [6, 6.07) is 3.89. The van der Waals surface area contributed by atoms with Gasteiger partial charge in [0.15, 0.2) is 0 Å². The number of anilines is 1. The maximum Gasteiger partial charge on any atom is 0.325 e. The Kier molecular flexibility index (Phi) is 3.74. The molecule has 0 saturated heterocycles. The number of carboxylic acid groups (broad SMARTS) is 1. The molecule has 8 heteroatoms. The van der Waals surface area contributed by atoms with Crippen LogP contribution in [0.3, 0.4) is 0 Å². The van der Waals surface area contributed by atoms with Crippen LogP contribution in [0.5, 0.6) is 0 Å². The first-order valence-electron chi connectivity index (χ1n) is 5.47. The lowest BCUT2D eigenvalue weighted by molar-refractivity contribution is -0.137. The quantitative estimate of drug-likeness (QED) is 0.889. The molecular weight excluding hydrogens is 272 g/mol. The van der Waals surface area contributed by atoms with Crippen molar-refractivity contribution in [3.8, 4) is 0 Å². The van der Waals surface area contributed by atoms with Gasteiger partial charge in [-0.05, 0) is 18.2 Å². The molecule has 2 rings (SSSR count). The van der Waals surface area contributed by atoms with Crippen LogP contribution >= 0.6 is 0 Å². The lowest BCUT2D eigenvalue weighted by Crippen LogP contribution is -2.21. The number of nitrogens with one attached hydrogen (secondary N) is 1. The average Bonchev–Trinajstić information content (AvgIpc) is 2.81. The molecule has 0 fully saturated rings. The molecular formula is C12H9F2N3O3. The van der Waals surface area contributed by atoms with E-state index in [0.717, 1.165) is 22.9 Å². The molecule has 0 aliphatic rings. The fourth-order valence-electron chi connectivity index (χ4n) is 1.56. The van der Waals surface area contributed by atoms with Crippen LogP contribution in [-0.4, -0.2) is 26.8 Å². The predicted molar refractivity (Wildman–Crippen MR) is 64.2 cm³/mol. The number of carboxylic acids is 1. The summed E-state index contributed by atoms with van der Waals surface area (Å²) in [5.74, 6) is -3.47. The molecule has 104 valence electrons. The Labute approximate surface area is 111 Å². The van der Waals surface area contributed by atoms with E-state index in [1.807, 2.05) is 0 Å². The molecule has 6 nitrogen and oxygen atoms in total. The monoisotopic (exact) mass is 281 g/mol. The third-order valence-corrected chi connectivity index (χ3v) is 2.41. The Balaban J connectivity index is 2.22. The Morgan fingerprint density at radius 2 is 2.05 bits per heavy atom. The summed E-state index contributed by atoms with van der Waals surface area (Å²) in [6.45, 7) is -0.513. The molecule has 20 heavy (non-hydrogen) atoms. The van der Waals surface area contributed by atoms with Crippen molar-refractivity contribution in [2.24, 2.45) is 0 Å². The molecule has 1 aromatic heterocycles. The van der Waals surface area contributed by atoms with E-state index in [1.165, 1.54) is 12.3 Å². The molecule has 0 atom stereocenters. The van der Waals surface area contributed by atoms with Crippen molar-refractivity contribution in [3.63, 3.8) is 0 Å². The number of amides is 1. The van der Waals surface area contributed by atoms with Gasteiger partial charge < -0.3 is 10.4 Å². The van der Waals surface area contributed by atoms with Gasteiger partial charge in [0.2, 0.25) is 0 Å². The summed E-state index contributed by atoms with van der Waals surface area (Å²) < 4.78 is 27.3. The molecule has 1 amide bonds. The van der Waals surface area contributed by atoms with Crippen LogP contribution in [-0.2, 0) is 11.3 Å². The van der Waals surface area contributed by atoms with Crippen molar-refractivity contribution in [2.75, 3.05) is 5.32 Å². The van der Waals surface area contributed by atoms with Crippen LogP contribution in [0.1, 0.15) is 10.5 Å². The highest BCUT2D eigenvalue weighted by atomic mass is 19.1. The highest BCUT2D eigenvalue weighted by molar-refractivity contribution is 6.03. The summed E-state index contributed by atoms with van der Waals surface area (Å²) in [5.41, 5.74) is -0.408. The van der Waals surface area contributed by atoms with Gasteiger partial charge in [0.05, 0.1) is 5.69 Å². The smallest absolute Gasteiger partial charge is 0.325 e. The predicted octanol–water partition coefficient (Wildman–Crippen LogP) is 1.50. The number of hydrogen-bond donors (Lipinski definition) is 2. The van der Waals surface area contributed by atoms with Gasteiger partial charge in [-0.1, -0.05) is 0 Å². The van der Waals surface area contributed by atoms with Crippen molar-refractivity contribution in [1.82, 2.24) is 9.78 Å². The third kappa shape index (κ3) is 2.97. The number of nitrogens with zero attached hydrogens (tertiary/aromatic N) is 2. The third-order valence-electron chi connectivity index (χ3n) is 2.41. The number of carbonyl (C=O) groups is 2. The topological polar surface area (TPSA) is 84.2 Å². The van der Waals surface area contributed by atoms with Crippen molar-refractivity contribution < 1.29 is 23.5 Å². The van der Waals surface area contributed by atoms with Crippen molar-refractivity contribution >= 4 is 17.6 Å². The number of aromatic nitrogens is 2. The molecule has 2 aromatic rings. The Hall–Kier alpha value is -2.77. The van der Waals surface area contributed by atoms with Gasteiger partial charge in [-0.2, -0.15) is 5.10 Å². The minimum atomic E-state index is -1.18. The lowest BCUT2D eigenvalue weighted by atomic mass is 10.3. The summed E-state index contributed by atoms with van der Waals surface area (Å²) in [5, 5.41) is 14.5. The molecule has 1 heterocycles. The van der Waals surface area contributed by atoms with Crippen LogP contribution in [0.2, 0.25) is 0 Å². The van der Waals surface area contributed by atoms with Crippen molar-refractivity contribution in [1.29, 1.82) is 0 Å². The van der Waals surface area contributed by atoms with Crippen LogP contribution in [0.4, 0.5) is 14.5 Å². The Morgan fingerprint density at radius 1 is 1.30 bits per heavy atom. The van der Waals surface area contributed by atoms with Crippen molar-refractivity contribution in [3.05, 3.63) is 47.8 Å². The highest BCUT2D eigenvalue weighted by Gasteiger charge is 2.16. The van der Waals surface area contributed by atoms with Gasteiger partial charge in [-0.3, -0.25) is 9.59 Å². The Bertz CT molecular complexity index is 670. The summed E-state index contributed by atoms with van der Waals surface area (Å²) >= 11 is 0. The SMILES string of the molecule is O=C(O)Cn1nccc1C(=O)Nc1cc(F)ccc1F. The normalized spacial score (nSPS) is 10.3. The number of halogens is 2. The number of aliphatic carboxylic acids is 1. The van der Waals surface area contributed by atoms with E-state index in [4.69, 9.17) is 5.11 Å². The molecule has 0 bridgehead atoms. The van der Waals surface area contributed by atoms with Crippen LogP contribution in [0, 0.1) is 11.6 Å². The van der Waals surface area contributed by atoms with Crippen LogP contribution < -0.4 is 5.32 Å². The van der Waals surface area contributed by atoms with Gasteiger partial charge >= 0.3 is 5.97 Å². The van der Waals surface area contributed by atoms with E-state index >= 15 is 0 Å². The minimum Gasteiger partial charge on any atom is -0.480 e. The van der Waals surface area contributed by atoms with Gasteiger partial charge in [-0.15, -0.1) is 0 Å². The van der Waals surface area contributed by atoms with E-state index < -0.39 is 30.1 Å². The fraction of sp³-hybridized carbons (Fsp3) is 0.0833. The van der Waals surface area contributed by atoms with E-state index in [9.17, 15) is 18.4 Å². The van der Waals surface area contributed by atoms with E-state index in [0.29, 0.717) is 0 Å². The number of rotatable bonds is 4. The number of hydrogen-bond acceptors (Lipinski definition) is 3. The first-order chi connectivity index (χ1) is 9.47. The van der Waals surface area contributed by atoms with E-state index in [1.54, 1.807) is 0 Å². The second-order valence-electron chi connectivity index (χ2n) is 3.85. The van der Waals surface area contributed by atoms with E-state index in [-0.39, 0.29) is 11.4 Å². The summed E-state index contributed by atoms with van der Waals surface area (Å²) in [6.07, 6.45) is 1.24. The second-order valence-corrected chi connectivity index (χ2v) is 3.85. The summed E-state index contributed by atoms with van der Waals surface area (Å²) in [4.78, 5) is 22.5. The fourth-order valence-corrected chi connectivity index (χ4v) is 1.56. The first-order valence-corrected chi connectivity index (χ1v) is 5.47. The van der Waals surface area contributed by atoms with Gasteiger partial charge in [0, 0.05) is 12.3 Å². The molecule has 0 unspecified atom stereocenters. The van der Waals surface area contributed by atoms with E-state index in [2.05, 4.69) is 10.4 Å². The molecule has 1 aromatic carbocycles. The highest BCUT2D eigenvalue weighted by Crippen LogP contribution is 2.16. The number of carbonyl (C=O) groups excluding carboxylic acids is 1. The maximum absolute atomic E-state index is 13.4. The maximum atomic E-state index is 13.4. The zero-order valence-electron chi connectivity index (χ0n) is 10.0. The molecule has 0 radical (unpaired) electrons. The first kappa shape index (κ1) is 13.7. The Morgan fingerprint density at radius 3 is 2.75 bits per heavy atom. The average molecular weight is 281 g/mol. The zero-order valence-corrected chi connectivity index (χ0v) is 10.0. The molecule has 0 aliphatic heterocycles.